The highest BCUT2D eigenvalue weighted by Crippen LogP contribution is 2.40. The maximum atomic E-state index is 11.2. The van der Waals surface area contributed by atoms with Crippen LogP contribution in [0.25, 0.3) is 0 Å². The molecule has 0 spiro atoms. The first kappa shape index (κ1) is 10.7. The van der Waals surface area contributed by atoms with E-state index in [1.807, 2.05) is 12.1 Å². The van der Waals surface area contributed by atoms with E-state index in [0.29, 0.717) is 12.4 Å². The Labute approximate surface area is 106 Å². The lowest BCUT2D eigenvalue weighted by Gasteiger charge is -2.24. The summed E-state index contributed by atoms with van der Waals surface area (Å²) in [4.78, 5) is 11.2. The van der Waals surface area contributed by atoms with Gasteiger partial charge in [0.1, 0.15) is 0 Å². The van der Waals surface area contributed by atoms with Gasteiger partial charge in [-0.1, -0.05) is 15.9 Å². The number of carbonyl (C=O) groups excluding carboxylic acids is 1. The molecule has 0 saturated carbocycles. The number of hydrogen-bond acceptors (Lipinski definition) is 4. The first-order valence-electron chi connectivity index (χ1n) is 5.26. The molecule has 1 atom stereocenters. The molecule has 5 nitrogen and oxygen atoms in total. The Hall–Kier alpha value is -1.43. The van der Waals surface area contributed by atoms with Crippen LogP contribution in [0.3, 0.4) is 0 Å². The summed E-state index contributed by atoms with van der Waals surface area (Å²) in [6.45, 7) is 0.669. The number of carbonyl (C=O) groups is 1. The number of fused-ring (bicyclic) bond motifs is 1. The zero-order chi connectivity index (χ0) is 11.8. The lowest BCUT2D eigenvalue weighted by atomic mass is 10.0. The molecule has 0 radical (unpaired) electrons. The molecular formula is C11H10BrNO4. The largest absolute Gasteiger partial charge is 0.454 e. The molecule has 1 aromatic rings. The summed E-state index contributed by atoms with van der Waals surface area (Å²) >= 11 is 3.48. The monoisotopic (exact) mass is 299 g/mol. The summed E-state index contributed by atoms with van der Waals surface area (Å²) < 4.78 is 16.3. The number of nitrogens with one attached hydrogen (secondary N) is 1. The van der Waals surface area contributed by atoms with Crippen LogP contribution in [0.5, 0.6) is 11.5 Å². The van der Waals surface area contributed by atoms with E-state index in [1.165, 1.54) is 0 Å². The molecule has 1 aromatic carbocycles. The molecule has 1 fully saturated rings. The number of cyclic esters (lactones) is 1. The topological polar surface area (TPSA) is 56.8 Å². The summed E-state index contributed by atoms with van der Waals surface area (Å²) in [5, 5.41) is 2.78. The lowest BCUT2D eigenvalue weighted by molar-refractivity contribution is 0.115. The van der Waals surface area contributed by atoms with Crippen LogP contribution in [0.2, 0.25) is 0 Å². The Balaban J connectivity index is 1.94. The van der Waals surface area contributed by atoms with Crippen molar-refractivity contribution >= 4 is 22.0 Å². The second-order valence-electron chi connectivity index (χ2n) is 3.85. The molecule has 17 heavy (non-hydrogen) atoms. The molecule has 0 aromatic heterocycles. The SMILES string of the molecule is O=C1N[C@@H](c2cc3c(cc2Br)OCO3)CCO1. The number of benzene rings is 1. The number of ether oxygens (including phenoxy) is 3. The minimum absolute atomic E-state index is 0.0554. The third-order valence-corrected chi connectivity index (χ3v) is 3.49. The zero-order valence-electron chi connectivity index (χ0n) is 8.86. The third-order valence-electron chi connectivity index (χ3n) is 2.80. The van der Waals surface area contributed by atoms with Crippen LogP contribution >= 0.6 is 15.9 Å². The summed E-state index contributed by atoms with van der Waals surface area (Å²) in [7, 11) is 0. The molecule has 3 rings (SSSR count). The molecule has 2 heterocycles. The van der Waals surface area contributed by atoms with Crippen molar-refractivity contribution in [2.75, 3.05) is 13.4 Å². The maximum Gasteiger partial charge on any atom is 0.407 e. The average Bonchev–Trinajstić information content (AvgIpc) is 2.75. The van der Waals surface area contributed by atoms with Gasteiger partial charge in [0.25, 0.3) is 0 Å². The summed E-state index contributed by atoms with van der Waals surface area (Å²) in [6.07, 6.45) is 0.357. The molecule has 1 saturated heterocycles. The number of alkyl carbamates (subject to hydrolysis) is 1. The first-order valence-corrected chi connectivity index (χ1v) is 6.05. The van der Waals surface area contributed by atoms with E-state index in [9.17, 15) is 4.79 Å². The fraction of sp³-hybridized carbons (Fsp3) is 0.364. The maximum absolute atomic E-state index is 11.2. The highest BCUT2D eigenvalue weighted by Gasteiger charge is 2.25. The number of rotatable bonds is 1. The van der Waals surface area contributed by atoms with Gasteiger partial charge in [-0.3, -0.25) is 0 Å². The van der Waals surface area contributed by atoms with Crippen LogP contribution in [-0.2, 0) is 4.74 Å². The van der Waals surface area contributed by atoms with Crippen LogP contribution in [0.1, 0.15) is 18.0 Å². The molecule has 0 bridgehead atoms. The van der Waals surface area contributed by atoms with E-state index in [1.54, 1.807) is 0 Å². The van der Waals surface area contributed by atoms with Gasteiger partial charge >= 0.3 is 6.09 Å². The molecule has 2 aliphatic rings. The van der Waals surface area contributed by atoms with E-state index < -0.39 is 0 Å². The zero-order valence-corrected chi connectivity index (χ0v) is 10.5. The fourth-order valence-corrected chi connectivity index (χ4v) is 2.56. The van der Waals surface area contributed by atoms with Crippen molar-refractivity contribution in [2.45, 2.75) is 12.5 Å². The standard InChI is InChI=1S/C11H10BrNO4/c12-7-4-10-9(16-5-17-10)3-6(7)8-1-2-15-11(14)13-8/h3-4,8H,1-2,5H2,(H,13,14)/t8-/m1/s1. The van der Waals surface area contributed by atoms with Crippen molar-refractivity contribution in [1.29, 1.82) is 0 Å². The van der Waals surface area contributed by atoms with Crippen LogP contribution in [0.15, 0.2) is 16.6 Å². The van der Waals surface area contributed by atoms with Crippen molar-refractivity contribution in [3.8, 4) is 11.5 Å². The highest BCUT2D eigenvalue weighted by molar-refractivity contribution is 9.10. The Kier molecular flexibility index (Phi) is 2.58. The average molecular weight is 300 g/mol. The third kappa shape index (κ3) is 1.93. The molecule has 1 N–H and O–H groups in total. The Morgan fingerprint density at radius 3 is 2.76 bits per heavy atom. The van der Waals surface area contributed by atoms with Crippen LogP contribution in [0.4, 0.5) is 4.79 Å². The highest BCUT2D eigenvalue weighted by atomic mass is 79.9. The first-order chi connectivity index (χ1) is 8.24. The number of hydrogen-bond donors (Lipinski definition) is 1. The van der Waals surface area contributed by atoms with E-state index in [-0.39, 0.29) is 18.9 Å². The van der Waals surface area contributed by atoms with Gasteiger partial charge in [0, 0.05) is 10.9 Å². The van der Waals surface area contributed by atoms with Crippen LogP contribution in [-0.4, -0.2) is 19.5 Å². The minimum Gasteiger partial charge on any atom is -0.454 e. The molecule has 1 amide bonds. The van der Waals surface area contributed by atoms with E-state index >= 15 is 0 Å². The quantitative estimate of drug-likeness (QED) is 0.865. The molecule has 0 unspecified atom stereocenters. The van der Waals surface area contributed by atoms with E-state index in [2.05, 4.69) is 21.2 Å². The van der Waals surface area contributed by atoms with Crippen LogP contribution in [0, 0.1) is 0 Å². The van der Waals surface area contributed by atoms with Gasteiger partial charge in [0.15, 0.2) is 11.5 Å². The van der Waals surface area contributed by atoms with E-state index in [0.717, 1.165) is 22.2 Å². The summed E-state index contributed by atoms with van der Waals surface area (Å²) in [5.41, 5.74) is 0.978. The molecule has 0 aliphatic carbocycles. The van der Waals surface area contributed by atoms with Crippen molar-refractivity contribution in [1.82, 2.24) is 5.32 Å². The predicted molar refractivity (Wildman–Crippen MR) is 62.1 cm³/mol. The van der Waals surface area contributed by atoms with Gasteiger partial charge in [-0.25, -0.2) is 4.79 Å². The summed E-state index contributed by atoms with van der Waals surface area (Å²) in [6, 6.07) is 3.70. The molecular weight excluding hydrogens is 290 g/mol. The van der Waals surface area contributed by atoms with Gasteiger partial charge in [0.05, 0.1) is 12.6 Å². The number of halogens is 1. The van der Waals surface area contributed by atoms with Crippen molar-refractivity contribution in [3.63, 3.8) is 0 Å². The number of amides is 1. The van der Waals surface area contributed by atoms with Gasteiger partial charge in [-0.15, -0.1) is 0 Å². The van der Waals surface area contributed by atoms with Gasteiger partial charge in [0.2, 0.25) is 6.79 Å². The van der Waals surface area contributed by atoms with Gasteiger partial charge in [-0.05, 0) is 17.7 Å². The fourth-order valence-electron chi connectivity index (χ4n) is 1.96. The van der Waals surface area contributed by atoms with Gasteiger partial charge in [-0.2, -0.15) is 0 Å². The Morgan fingerprint density at radius 1 is 1.24 bits per heavy atom. The molecule has 6 heteroatoms. The van der Waals surface area contributed by atoms with Crippen molar-refractivity contribution in [2.24, 2.45) is 0 Å². The van der Waals surface area contributed by atoms with Crippen molar-refractivity contribution < 1.29 is 19.0 Å². The summed E-state index contributed by atoms with van der Waals surface area (Å²) in [5.74, 6) is 1.43. The normalized spacial score (nSPS) is 21.9. The molecule has 2 aliphatic heterocycles. The second-order valence-corrected chi connectivity index (χ2v) is 4.70. The lowest BCUT2D eigenvalue weighted by Crippen LogP contribution is -2.35. The predicted octanol–water partition coefficient (Wildman–Crippen LogP) is 2.35. The smallest absolute Gasteiger partial charge is 0.407 e. The van der Waals surface area contributed by atoms with Crippen LogP contribution < -0.4 is 14.8 Å². The minimum atomic E-state index is -0.384. The Bertz CT molecular complexity index is 477. The van der Waals surface area contributed by atoms with Crippen molar-refractivity contribution in [3.05, 3.63) is 22.2 Å². The van der Waals surface area contributed by atoms with Gasteiger partial charge < -0.3 is 19.5 Å². The molecule has 90 valence electrons. The Morgan fingerprint density at radius 2 is 2.00 bits per heavy atom. The second kappa shape index (κ2) is 4.10. The van der Waals surface area contributed by atoms with E-state index in [4.69, 9.17) is 14.2 Å².